The lowest BCUT2D eigenvalue weighted by molar-refractivity contribution is -0.0970. The summed E-state index contributed by atoms with van der Waals surface area (Å²) < 4.78 is 54.4. The van der Waals surface area contributed by atoms with Crippen LogP contribution in [0, 0.1) is 46.3 Å². The zero-order valence-corrected chi connectivity index (χ0v) is 18.6. The maximum atomic E-state index is 11.3. The fourth-order valence-corrected chi connectivity index (χ4v) is 8.41. The van der Waals surface area contributed by atoms with Gasteiger partial charge in [-0.1, -0.05) is 65.4 Å². The van der Waals surface area contributed by atoms with Gasteiger partial charge in [-0.2, -0.15) is 0 Å². The normalized spacial score (nSPS) is 52.7. The molecular formula is C27H46O2. The highest BCUT2D eigenvalue weighted by Gasteiger charge is 2.61. The number of hydrogen-bond acceptors (Lipinski definition) is 2. The first-order valence-electron chi connectivity index (χ1n) is 15.5. The average molecular weight is 410 g/mol. The van der Waals surface area contributed by atoms with Gasteiger partial charge in [0.15, 0.2) is 0 Å². The summed E-state index contributed by atoms with van der Waals surface area (Å²) in [5, 5.41) is 21.6. The van der Waals surface area contributed by atoms with E-state index in [1.807, 2.05) is 0 Å². The first-order chi connectivity index (χ1) is 16.5. The predicted molar refractivity (Wildman–Crippen MR) is 120 cm³/mol. The Balaban J connectivity index is 1.47. The van der Waals surface area contributed by atoms with Gasteiger partial charge >= 0.3 is 0 Å². The number of fused-ring (bicyclic) bond motifs is 5. The summed E-state index contributed by atoms with van der Waals surface area (Å²) in [6, 6.07) is 0. The van der Waals surface area contributed by atoms with Crippen molar-refractivity contribution in [2.75, 3.05) is 0 Å². The molecule has 0 aromatic carbocycles. The van der Waals surface area contributed by atoms with Crippen molar-refractivity contribution in [3.63, 3.8) is 0 Å². The Bertz CT molecular complexity index is 838. The highest BCUT2D eigenvalue weighted by molar-refractivity contribution is 5.27. The van der Waals surface area contributed by atoms with Gasteiger partial charge in [-0.25, -0.2) is 0 Å². The SMILES string of the molecule is [2H]C([2H])([2H])C([2H])(CCC[C@@H](C)[C@H]1CC[C@H]2[C@@H]3[C@@H](O)C=C4C[C@@H](O)CC[C@]4(C)[C@H]3CC[C@]12C)C([2H])([2H])[2H]. The second-order valence-electron chi connectivity index (χ2n) is 11.4. The highest BCUT2D eigenvalue weighted by Crippen LogP contribution is 2.67. The van der Waals surface area contributed by atoms with Gasteiger partial charge in [-0.05, 0) is 91.3 Å². The predicted octanol–water partition coefficient (Wildman–Crippen LogP) is 6.36. The van der Waals surface area contributed by atoms with Crippen LogP contribution in [0.3, 0.4) is 0 Å². The van der Waals surface area contributed by atoms with Crippen molar-refractivity contribution < 1.29 is 19.8 Å². The van der Waals surface area contributed by atoms with E-state index >= 15 is 0 Å². The van der Waals surface area contributed by atoms with E-state index in [0.29, 0.717) is 36.5 Å². The van der Waals surface area contributed by atoms with Crippen molar-refractivity contribution in [1.82, 2.24) is 0 Å². The first-order valence-corrected chi connectivity index (χ1v) is 12.0. The van der Waals surface area contributed by atoms with E-state index in [0.717, 1.165) is 44.9 Å². The van der Waals surface area contributed by atoms with E-state index in [1.54, 1.807) is 0 Å². The van der Waals surface area contributed by atoms with Gasteiger partial charge in [0, 0.05) is 9.60 Å². The number of rotatable bonds is 5. The number of hydrogen-bond donors (Lipinski definition) is 2. The maximum absolute atomic E-state index is 11.3. The van der Waals surface area contributed by atoms with Crippen LogP contribution in [0.2, 0.25) is 0 Å². The zero-order valence-electron chi connectivity index (χ0n) is 25.6. The second kappa shape index (κ2) is 7.97. The van der Waals surface area contributed by atoms with E-state index < -0.39 is 25.7 Å². The largest absolute Gasteiger partial charge is 0.393 e. The van der Waals surface area contributed by atoms with Crippen LogP contribution in [-0.2, 0) is 0 Å². The Hall–Kier alpha value is -0.340. The molecule has 0 aliphatic heterocycles. The van der Waals surface area contributed by atoms with Crippen LogP contribution >= 0.6 is 0 Å². The van der Waals surface area contributed by atoms with Crippen molar-refractivity contribution in [2.45, 2.75) is 111 Å². The van der Waals surface area contributed by atoms with Crippen LogP contribution in [0.15, 0.2) is 11.6 Å². The van der Waals surface area contributed by atoms with E-state index in [4.69, 9.17) is 9.60 Å². The summed E-state index contributed by atoms with van der Waals surface area (Å²) >= 11 is 0. The molecule has 0 aromatic heterocycles. The Morgan fingerprint density at radius 1 is 1.10 bits per heavy atom. The van der Waals surface area contributed by atoms with Crippen LogP contribution < -0.4 is 0 Å². The van der Waals surface area contributed by atoms with Crippen LogP contribution in [0.4, 0.5) is 0 Å². The van der Waals surface area contributed by atoms with Gasteiger partial charge in [0.2, 0.25) is 0 Å². The summed E-state index contributed by atoms with van der Waals surface area (Å²) in [5.41, 5.74) is 1.42. The van der Waals surface area contributed by atoms with Crippen LogP contribution in [0.25, 0.3) is 0 Å². The Kier molecular flexibility index (Phi) is 4.03. The zero-order chi connectivity index (χ0) is 26.9. The first kappa shape index (κ1) is 14.7. The van der Waals surface area contributed by atoms with Crippen molar-refractivity contribution in [2.24, 2.45) is 46.3 Å². The van der Waals surface area contributed by atoms with Crippen molar-refractivity contribution >= 4 is 0 Å². The molecule has 2 heteroatoms. The van der Waals surface area contributed by atoms with Crippen LogP contribution in [-0.4, -0.2) is 22.4 Å². The molecule has 0 bridgehead atoms. The molecule has 0 amide bonds. The minimum absolute atomic E-state index is 0.0656. The third-order valence-electron chi connectivity index (χ3n) is 9.95. The molecule has 3 fully saturated rings. The fraction of sp³-hybridized carbons (Fsp3) is 0.926. The van der Waals surface area contributed by atoms with Crippen LogP contribution in [0.1, 0.15) is 108 Å². The van der Waals surface area contributed by atoms with Crippen LogP contribution in [0.5, 0.6) is 0 Å². The number of aliphatic hydroxyl groups is 2. The molecule has 0 aromatic rings. The van der Waals surface area contributed by atoms with Crippen molar-refractivity contribution in [3.8, 4) is 0 Å². The second-order valence-corrected chi connectivity index (χ2v) is 11.4. The van der Waals surface area contributed by atoms with Crippen molar-refractivity contribution in [3.05, 3.63) is 11.6 Å². The third kappa shape index (κ3) is 3.65. The van der Waals surface area contributed by atoms with Gasteiger partial charge < -0.3 is 10.2 Å². The standard InChI is InChI=1S/C27H46O2/c1-17(2)7-6-8-18(3)21-9-10-22-25-23(12-14-27(21,22)5)26(4)13-11-20(28)15-19(26)16-24(25)29/h16-18,20-25,28-29H,6-15H2,1-5H3/t18-,20+,21-,22+,23+,24+,25+,26+,27-/m1/s1/i1D3,2D3,17D. The third-order valence-corrected chi connectivity index (χ3v) is 9.95. The molecule has 4 aliphatic rings. The Morgan fingerprint density at radius 3 is 2.66 bits per heavy atom. The molecule has 0 saturated heterocycles. The topological polar surface area (TPSA) is 40.5 Å². The summed E-state index contributed by atoms with van der Waals surface area (Å²) in [6.45, 7) is 1.26. The van der Waals surface area contributed by atoms with Gasteiger partial charge in [0.05, 0.1) is 12.2 Å². The molecule has 0 spiro atoms. The van der Waals surface area contributed by atoms with Gasteiger partial charge in [0.1, 0.15) is 0 Å². The Morgan fingerprint density at radius 2 is 1.90 bits per heavy atom. The minimum atomic E-state index is -2.85. The molecule has 2 nitrogen and oxygen atoms in total. The van der Waals surface area contributed by atoms with E-state index in [2.05, 4.69) is 26.8 Å². The molecule has 9 atom stereocenters. The summed E-state index contributed by atoms with van der Waals surface area (Å²) in [4.78, 5) is 0. The summed E-state index contributed by atoms with van der Waals surface area (Å²) in [5.74, 6) is -0.574. The summed E-state index contributed by atoms with van der Waals surface area (Å²) in [6.07, 6.45) is 9.14. The summed E-state index contributed by atoms with van der Waals surface area (Å²) in [7, 11) is 0. The highest BCUT2D eigenvalue weighted by atomic mass is 16.3. The molecule has 166 valence electrons. The molecule has 4 aliphatic carbocycles. The van der Waals surface area contributed by atoms with Crippen molar-refractivity contribution in [1.29, 1.82) is 0 Å². The monoisotopic (exact) mass is 409 g/mol. The molecule has 0 unspecified atom stereocenters. The van der Waals surface area contributed by atoms with E-state index in [-0.39, 0.29) is 29.3 Å². The van der Waals surface area contributed by atoms with E-state index in [9.17, 15) is 10.2 Å². The van der Waals surface area contributed by atoms with Gasteiger partial charge in [-0.3, -0.25) is 0 Å². The minimum Gasteiger partial charge on any atom is -0.393 e. The van der Waals surface area contributed by atoms with Gasteiger partial charge in [0.25, 0.3) is 0 Å². The molecule has 3 saturated carbocycles. The Labute approximate surface area is 189 Å². The van der Waals surface area contributed by atoms with Gasteiger partial charge in [-0.15, -0.1) is 0 Å². The quantitative estimate of drug-likeness (QED) is 0.519. The average Bonchev–Trinajstić information content (AvgIpc) is 3.10. The fourth-order valence-electron chi connectivity index (χ4n) is 8.41. The molecule has 29 heavy (non-hydrogen) atoms. The number of aliphatic hydroxyl groups excluding tert-OH is 2. The lowest BCUT2D eigenvalue weighted by Crippen LogP contribution is -2.54. The lowest BCUT2D eigenvalue weighted by Gasteiger charge is -2.59. The molecule has 4 rings (SSSR count). The molecular weight excluding hydrogens is 356 g/mol. The molecule has 0 heterocycles. The smallest absolute Gasteiger partial charge is 0.0757 e. The molecule has 0 radical (unpaired) electrons. The maximum Gasteiger partial charge on any atom is 0.0757 e. The lowest BCUT2D eigenvalue weighted by atomic mass is 9.46. The molecule has 2 N–H and O–H groups in total. The van der Waals surface area contributed by atoms with E-state index in [1.165, 1.54) is 5.57 Å².